The van der Waals surface area contributed by atoms with Crippen molar-refractivity contribution in [2.24, 2.45) is 7.05 Å². The Bertz CT molecular complexity index is 665. The van der Waals surface area contributed by atoms with Gasteiger partial charge in [0.1, 0.15) is 12.2 Å². The van der Waals surface area contributed by atoms with Crippen molar-refractivity contribution < 1.29 is 9.53 Å². The van der Waals surface area contributed by atoms with E-state index in [1.54, 1.807) is 29.9 Å². The second kappa shape index (κ2) is 6.49. The quantitative estimate of drug-likeness (QED) is 0.660. The number of carbonyl (C=O) groups excluding carboxylic acids is 1. The lowest BCUT2D eigenvalue weighted by Gasteiger charge is -2.09. The second-order valence-corrected chi connectivity index (χ2v) is 5.66. The molecule has 0 bridgehead atoms. The predicted molar refractivity (Wildman–Crippen MR) is 85.3 cm³/mol. The van der Waals surface area contributed by atoms with E-state index < -0.39 is 5.97 Å². The number of nitrogens with two attached hydrogens (primary N) is 1. The van der Waals surface area contributed by atoms with Gasteiger partial charge in [-0.05, 0) is 34.5 Å². The molecule has 2 rings (SSSR count). The first-order chi connectivity index (χ1) is 9.95. The maximum Gasteiger partial charge on any atom is 0.342 e. The summed E-state index contributed by atoms with van der Waals surface area (Å²) < 4.78 is 7.84. The average molecular weight is 373 g/mol. The first kappa shape index (κ1) is 15.9. The van der Waals surface area contributed by atoms with Crippen LogP contribution in [0.5, 0.6) is 0 Å². The normalized spacial score (nSPS) is 10.7. The molecule has 0 spiro atoms. The molecule has 0 atom stereocenters. The lowest BCUT2D eigenvalue weighted by atomic mass is 10.2. The minimum absolute atomic E-state index is 0.0909. The fourth-order valence-corrected chi connectivity index (χ4v) is 2.93. The highest BCUT2D eigenvalue weighted by Crippen LogP contribution is 2.25. The second-order valence-electron chi connectivity index (χ2n) is 4.46. The van der Waals surface area contributed by atoms with Crippen LogP contribution in [0, 0.1) is 0 Å². The maximum absolute atomic E-state index is 12.1. The van der Waals surface area contributed by atoms with Gasteiger partial charge in [0.2, 0.25) is 0 Å². The first-order valence-corrected chi connectivity index (χ1v) is 7.54. The average Bonchev–Trinajstić information content (AvgIpc) is 2.71. The molecule has 2 N–H and O–H groups in total. The predicted octanol–water partition coefficient (Wildman–Crippen LogP) is 3.34. The summed E-state index contributed by atoms with van der Waals surface area (Å²) in [5, 5.41) is 4.62. The zero-order chi connectivity index (χ0) is 15.6. The molecule has 0 saturated heterocycles. The van der Waals surface area contributed by atoms with E-state index in [9.17, 15) is 4.79 Å². The van der Waals surface area contributed by atoms with Gasteiger partial charge < -0.3 is 10.5 Å². The van der Waals surface area contributed by atoms with Gasteiger partial charge in [-0.15, -0.1) is 0 Å². The van der Waals surface area contributed by atoms with Gasteiger partial charge in [-0.25, -0.2) is 4.79 Å². The van der Waals surface area contributed by atoms with Crippen molar-refractivity contribution in [2.75, 3.05) is 5.73 Å². The molecule has 0 radical (unpaired) electrons. The highest BCUT2D eigenvalue weighted by molar-refractivity contribution is 9.10. The van der Waals surface area contributed by atoms with Crippen molar-refractivity contribution in [3.8, 4) is 0 Å². The summed E-state index contributed by atoms with van der Waals surface area (Å²) in [4.78, 5) is 12.1. The molecule has 1 aromatic carbocycles. The van der Waals surface area contributed by atoms with E-state index >= 15 is 0 Å². The molecule has 0 amide bonds. The van der Waals surface area contributed by atoms with Gasteiger partial charge in [0.15, 0.2) is 0 Å². The number of esters is 1. The molecule has 7 heteroatoms. The number of aryl methyl sites for hydroxylation is 2. The number of rotatable bonds is 4. The van der Waals surface area contributed by atoms with Gasteiger partial charge >= 0.3 is 5.97 Å². The molecule has 112 valence electrons. The Morgan fingerprint density at radius 3 is 2.81 bits per heavy atom. The number of aromatic nitrogens is 2. The van der Waals surface area contributed by atoms with Crippen LogP contribution >= 0.6 is 27.5 Å². The van der Waals surface area contributed by atoms with Crippen LogP contribution in [-0.4, -0.2) is 15.7 Å². The minimum Gasteiger partial charge on any atom is -0.455 e. The van der Waals surface area contributed by atoms with E-state index in [0.29, 0.717) is 5.69 Å². The Morgan fingerprint density at radius 1 is 1.52 bits per heavy atom. The van der Waals surface area contributed by atoms with Gasteiger partial charge in [0, 0.05) is 12.7 Å². The van der Waals surface area contributed by atoms with Crippen molar-refractivity contribution in [1.82, 2.24) is 9.78 Å². The van der Waals surface area contributed by atoms with Crippen LogP contribution in [0.25, 0.3) is 0 Å². The van der Waals surface area contributed by atoms with Gasteiger partial charge in [0.05, 0.1) is 20.9 Å². The van der Waals surface area contributed by atoms with E-state index in [0.717, 1.165) is 22.3 Å². The summed E-state index contributed by atoms with van der Waals surface area (Å²) in [5.41, 5.74) is 7.95. The largest absolute Gasteiger partial charge is 0.455 e. The van der Waals surface area contributed by atoms with Gasteiger partial charge in [-0.1, -0.05) is 24.6 Å². The molecular weight excluding hydrogens is 358 g/mol. The molecule has 0 aliphatic carbocycles. The lowest BCUT2D eigenvalue weighted by Crippen LogP contribution is -2.11. The van der Waals surface area contributed by atoms with E-state index in [4.69, 9.17) is 22.1 Å². The fraction of sp³-hybridized carbons (Fsp3) is 0.286. The fourth-order valence-electron chi connectivity index (χ4n) is 1.94. The molecule has 2 aromatic rings. The van der Waals surface area contributed by atoms with E-state index in [2.05, 4.69) is 21.0 Å². The highest BCUT2D eigenvalue weighted by atomic mass is 79.9. The van der Waals surface area contributed by atoms with Crippen molar-refractivity contribution >= 4 is 39.2 Å². The highest BCUT2D eigenvalue weighted by Gasteiger charge is 2.18. The molecular formula is C14H15BrClN3O2. The molecule has 1 heterocycles. The Morgan fingerprint density at radius 2 is 2.24 bits per heavy atom. The summed E-state index contributed by atoms with van der Waals surface area (Å²) in [7, 11) is 1.80. The van der Waals surface area contributed by atoms with Crippen molar-refractivity contribution in [3.05, 3.63) is 44.6 Å². The molecule has 0 fully saturated rings. The number of carbonyl (C=O) groups is 1. The van der Waals surface area contributed by atoms with Gasteiger partial charge in [-0.3, -0.25) is 4.68 Å². The van der Waals surface area contributed by atoms with Crippen LogP contribution in [-0.2, 0) is 24.8 Å². The topological polar surface area (TPSA) is 70.1 Å². The van der Waals surface area contributed by atoms with Crippen LogP contribution in [0.1, 0.15) is 28.7 Å². The monoisotopic (exact) mass is 371 g/mol. The number of nitrogens with zero attached hydrogens (tertiary/aromatic N) is 2. The molecule has 0 unspecified atom stereocenters. The third kappa shape index (κ3) is 3.22. The number of hydrogen-bond acceptors (Lipinski definition) is 4. The smallest absolute Gasteiger partial charge is 0.342 e. The summed E-state index contributed by atoms with van der Waals surface area (Å²) in [6.07, 6.45) is 0.791. The summed E-state index contributed by atoms with van der Waals surface area (Å²) in [6, 6.07) is 4.89. The van der Waals surface area contributed by atoms with Crippen LogP contribution in [0.2, 0.25) is 5.02 Å². The Balaban J connectivity index is 2.17. The van der Waals surface area contributed by atoms with Crippen molar-refractivity contribution in [3.63, 3.8) is 0 Å². The zero-order valence-electron chi connectivity index (χ0n) is 11.7. The Kier molecular flexibility index (Phi) is 4.90. The van der Waals surface area contributed by atoms with Crippen molar-refractivity contribution in [2.45, 2.75) is 20.0 Å². The molecule has 0 aliphatic heterocycles. The summed E-state index contributed by atoms with van der Waals surface area (Å²) in [6.45, 7) is 2.10. The molecule has 5 nitrogen and oxygen atoms in total. The van der Waals surface area contributed by atoms with E-state index in [-0.39, 0.29) is 17.2 Å². The zero-order valence-corrected chi connectivity index (χ0v) is 14.0. The Hall–Kier alpha value is -1.53. The SMILES string of the molecule is CCc1nn(C)c(COC(=O)c2c(N)cccc2Cl)c1Br. The minimum atomic E-state index is -0.552. The molecule has 0 aliphatic rings. The van der Waals surface area contributed by atoms with Crippen LogP contribution in [0.3, 0.4) is 0 Å². The molecule has 0 saturated carbocycles. The molecule has 21 heavy (non-hydrogen) atoms. The maximum atomic E-state index is 12.1. The third-order valence-electron chi connectivity index (χ3n) is 3.09. The van der Waals surface area contributed by atoms with Crippen molar-refractivity contribution in [1.29, 1.82) is 0 Å². The first-order valence-electron chi connectivity index (χ1n) is 6.37. The number of halogens is 2. The Labute approximate surface area is 136 Å². The van der Waals surface area contributed by atoms with E-state index in [1.165, 1.54) is 0 Å². The standard InChI is InChI=1S/C14H15BrClN3O2/c1-3-10-13(15)11(19(2)18-10)7-21-14(20)12-8(16)5-4-6-9(12)17/h4-6H,3,7,17H2,1-2H3. The van der Waals surface area contributed by atoms with Gasteiger partial charge in [-0.2, -0.15) is 5.10 Å². The van der Waals surface area contributed by atoms with Crippen LogP contribution in [0.15, 0.2) is 22.7 Å². The summed E-state index contributed by atoms with van der Waals surface area (Å²) >= 11 is 9.46. The van der Waals surface area contributed by atoms with Crippen LogP contribution in [0.4, 0.5) is 5.69 Å². The third-order valence-corrected chi connectivity index (χ3v) is 4.32. The number of hydrogen-bond donors (Lipinski definition) is 1. The molecule has 1 aromatic heterocycles. The number of ether oxygens (including phenoxy) is 1. The van der Waals surface area contributed by atoms with E-state index in [1.807, 2.05) is 6.92 Å². The number of nitrogen functional groups attached to an aromatic ring is 1. The number of benzene rings is 1. The van der Waals surface area contributed by atoms with Gasteiger partial charge in [0.25, 0.3) is 0 Å². The summed E-state index contributed by atoms with van der Waals surface area (Å²) in [5.74, 6) is -0.552. The lowest BCUT2D eigenvalue weighted by molar-refractivity contribution is 0.0464. The number of anilines is 1. The van der Waals surface area contributed by atoms with Crippen LogP contribution < -0.4 is 5.73 Å².